The van der Waals surface area contributed by atoms with Crippen molar-refractivity contribution in [3.05, 3.63) is 22.8 Å². The van der Waals surface area contributed by atoms with Crippen LogP contribution in [0.25, 0.3) is 0 Å². The van der Waals surface area contributed by atoms with Crippen molar-refractivity contribution < 1.29 is 9.84 Å². The van der Waals surface area contributed by atoms with E-state index in [4.69, 9.17) is 21.4 Å². The van der Waals surface area contributed by atoms with Crippen LogP contribution >= 0.6 is 11.6 Å². The Hall–Kier alpha value is -0.800. The third-order valence-corrected chi connectivity index (χ3v) is 1.83. The number of hydrogen-bond donors (Lipinski definition) is 1. The van der Waals surface area contributed by atoms with E-state index in [0.717, 1.165) is 0 Å². The van der Waals surface area contributed by atoms with Gasteiger partial charge in [0, 0.05) is 17.8 Å². The van der Waals surface area contributed by atoms with E-state index in [9.17, 15) is 0 Å². The second kappa shape index (κ2) is 4.15. The van der Waals surface area contributed by atoms with Gasteiger partial charge in [-0.25, -0.2) is 4.98 Å². The first-order chi connectivity index (χ1) is 6.42. The zero-order valence-electron chi connectivity index (χ0n) is 8.54. The number of aliphatic hydroxyl groups is 1. The first kappa shape index (κ1) is 11.3. The van der Waals surface area contributed by atoms with Gasteiger partial charge in [0.25, 0.3) is 0 Å². The third kappa shape index (κ3) is 3.16. The normalized spacial score (nSPS) is 11.5. The molecule has 0 saturated carbocycles. The van der Waals surface area contributed by atoms with Crippen molar-refractivity contribution >= 4 is 11.6 Å². The largest absolute Gasteiger partial charge is 0.472 e. The lowest BCUT2D eigenvalue weighted by atomic mass is 10.2. The standard InChI is InChI=1S/C10H14ClNO2/c1-10(2,3)14-9-4-7(6-13)8(11)5-12-9/h4-5,13H,6H2,1-3H3. The number of hydrogen-bond acceptors (Lipinski definition) is 3. The van der Waals surface area contributed by atoms with E-state index >= 15 is 0 Å². The van der Waals surface area contributed by atoms with E-state index in [1.807, 2.05) is 20.8 Å². The lowest BCUT2D eigenvalue weighted by molar-refractivity contribution is 0.123. The van der Waals surface area contributed by atoms with Crippen molar-refractivity contribution in [1.82, 2.24) is 4.98 Å². The van der Waals surface area contributed by atoms with Crippen LogP contribution in [-0.2, 0) is 6.61 Å². The Morgan fingerprint density at radius 2 is 2.14 bits per heavy atom. The highest BCUT2D eigenvalue weighted by Gasteiger charge is 2.13. The van der Waals surface area contributed by atoms with Crippen LogP contribution < -0.4 is 4.74 Å². The number of rotatable bonds is 2. The molecule has 0 radical (unpaired) electrons. The van der Waals surface area contributed by atoms with Crippen LogP contribution in [0.1, 0.15) is 26.3 Å². The molecule has 1 heterocycles. The second-order valence-electron chi connectivity index (χ2n) is 3.99. The van der Waals surface area contributed by atoms with Gasteiger partial charge in [0.15, 0.2) is 0 Å². The third-order valence-electron chi connectivity index (χ3n) is 1.49. The van der Waals surface area contributed by atoms with Gasteiger partial charge >= 0.3 is 0 Å². The Labute approximate surface area is 88.7 Å². The van der Waals surface area contributed by atoms with E-state index in [0.29, 0.717) is 16.5 Å². The number of nitrogens with zero attached hydrogens (tertiary/aromatic N) is 1. The number of aliphatic hydroxyl groups excluding tert-OH is 1. The maximum absolute atomic E-state index is 8.97. The van der Waals surface area contributed by atoms with Gasteiger partial charge in [-0.1, -0.05) is 11.6 Å². The predicted octanol–water partition coefficient (Wildman–Crippen LogP) is 2.40. The lowest BCUT2D eigenvalue weighted by Crippen LogP contribution is -2.23. The van der Waals surface area contributed by atoms with Gasteiger partial charge in [0.2, 0.25) is 5.88 Å². The fraction of sp³-hybridized carbons (Fsp3) is 0.500. The van der Waals surface area contributed by atoms with Crippen molar-refractivity contribution in [1.29, 1.82) is 0 Å². The van der Waals surface area contributed by atoms with Crippen molar-refractivity contribution in [2.24, 2.45) is 0 Å². The zero-order chi connectivity index (χ0) is 10.8. The molecule has 0 bridgehead atoms. The molecule has 1 aromatic rings. The van der Waals surface area contributed by atoms with Crippen LogP contribution in [-0.4, -0.2) is 15.7 Å². The highest BCUT2D eigenvalue weighted by atomic mass is 35.5. The Balaban J connectivity index is 2.90. The minimum atomic E-state index is -0.298. The fourth-order valence-electron chi connectivity index (χ4n) is 0.949. The summed E-state index contributed by atoms with van der Waals surface area (Å²) < 4.78 is 5.52. The highest BCUT2D eigenvalue weighted by molar-refractivity contribution is 6.31. The summed E-state index contributed by atoms with van der Waals surface area (Å²) >= 11 is 5.79. The van der Waals surface area contributed by atoms with Gasteiger partial charge in [-0.15, -0.1) is 0 Å². The predicted molar refractivity (Wildman–Crippen MR) is 55.6 cm³/mol. The molecule has 14 heavy (non-hydrogen) atoms. The molecule has 0 spiro atoms. The molecule has 0 atom stereocenters. The Bertz CT molecular complexity index is 320. The molecule has 0 aromatic carbocycles. The summed E-state index contributed by atoms with van der Waals surface area (Å²) in [4.78, 5) is 4.01. The molecule has 0 aliphatic carbocycles. The maximum Gasteiger partial charge on any atom is 0.214 e. The number of halogens is 1. The highest BCUT2D eigenvalue weighted by Crippen LogP contribution is 2.21. The monoisotopic (exact) mass is 215 g/mol. The van der Waals surface area contributed by atoms with Gasteiger partial charge in [-0.2, -0.15) is 0 Å². The maximum atomic E-state index is 8.97. The molecule has 0 amide bonds. The van der Waals surface area contributed by atoms with Gasteiger partial charge < -0.3 is 9.84 Å². The molecule has 0 aliphatic rings. The van der Waals surface area contributed by atoms with Gasteiger partial charge in [-0.05, 0) is 20.8 Å². The summed E-state index contributed by atoms with van der Waals surface area (Å²) in [6, 6.07) is 1.65. The molecular weight excluding hydrogens is 202 g/mol. The topological polar surface area (TPSA) is 42.4 Å². The van der Waals surface area contributed by atoms with Gasteiger partial charge in [0.05, 0.1) is 11.6 Å². The Morgan fingerprint density at radius 1 is 1.50 bits per heavy atom. The molecule has 3 nitrogen and oxygen atoms in total. The average Bonchev–Trinajstić information content (AvgIpc) is 2.06. The van der Waals surface area contributed by atoms with Crippen molar-refractivity contribution in [3.8, 4) is 5.88 Å². The second-order valence-corrected chi connectivity index (χ2v) is 4.39. The first-order valence-corrected chi connectivity index (χ1v) is 4.74. The smallest absolute Gasteiger partial charge is 0.214 e. The molecule has 78 valence electrons. The number of aromatic nitrogens is 1. The average molecular weight is 216 g/mol. The lowest BCUT2D eigenvalue weighted by Gasteiger charge is -2.20. The summed E-state index contributed by atoms with van der Waals surface area (Å²) in [5, 5.41) is 9.43. The molecule has 1 N–H and O–H groups in total. The summed E-state index contributed by atoms with van der Waals surface area (Å²) in [7, 11) is 0. The summed E-state index contributed by atoms with van der Waals surface area (Å²) in [6.07, 6.45) is 1.48. The van der Waals surface area contributed by atoms with E-state index in [2.05, 4.69) is 4.98 Å². The fourth-order valence-corrected chi connectivity index (χ4v) is 1.11. The van der Waals surface area contributed by atoms with Crippen LogP contribution in [0.2, 0.25) is 5.02 Å². The Kier molecular flexibility index (Phi) is 3.34. The number of pyridine rings is 1. The minimum absolute atomic E-state index is 0.109. The minimum Gasteiger partial charge on any atom is -0.472 e. The summed E-state index contributed by atoms with van der Waals surface area (Å²) in [5.74, 6) is 0.478. The van der Waals surface area contributed by atoms with Gasteiger partial charge in [-0.3, -0.25) is 0 Å². The molecule has 1 rings (SSSR count). The summed E-state index contributed by atoms with van der Waals surface area (Å²) in [6.45, 7) is 5.69. The zero-order valence-corrected chi connectivity index (χ0v) is 9.30. The molecular formula is C10H14ClNO2. The summed E-state index contributed by atoms with van der Waals surface area (Å²) in [5.41, 5.74) is 0.328. The number of ether oxygens (including phenoxy) is 1. The van der Waals surface area contributed by atoms with E-state index in [-0.39, 0.29) is 12.2 Å². The first-order valence-electron chi connectivity index (χ1n) is 4.36. The van der Waals surface area contributed by atoms with E-state index < -0.39 is 0 Å². The molecule has 1 aromatic heterocycles. The van der Waals surface area contributed by atoms with Crippen molar-refractivity contribution in [2.45, 2.75) is 33.0 Å². The van der Waals surface area contributed by atoms with Crippen molar-refractivity contribution in [3.63, 3.8) is 0 Å². The van der Waals surface area contributed by atoms with Crippen LogP contribution in [0.5, 0.6) is 5.88 Å². The molecule has 0 saturated heterocycles. The van der Waals surface area contributed by atoms with Crippen LogP contribution in [0.4, 0.5) is 0 Å². The van der Waals surface area contributed by atoms with Gasteiger partial charge in [0.1, 0.15) is 5.60 Å². The SMILES string of the molecule is CC(C)(C)Oc1cc(CO)c(Cl)cn1. The van der Waals surface area contributed by atoms with E-state index in [1.165, 1.54) is 6.20 Å². The van der Waals surface area contributed by atoms with Crippen LogP contribution in [0.15, 0.2) is 12.3 Å². The van der Waals surface area contributed by atoms with Crippen molar-refractivity contribution in [2.75, 3.05) is 0 Å². The molecule has 0 aliphatic heterocycles. The molecule has 0 fully saturated rings. The van der Waals surface area contributed by atoms with E-state index in [1.54, 1.807) is 6.07 Å². The Morgan fingerprint density at radius 3 is 2.64 bits per heavy atom. The van der Waals surface area contributed by atoms with Crippen LogP contribution in [0, 0.1) is 0 Å². The van der Waals surface area contributed by atoms with Crippen LogP contribution in [0.3, 0.4) is 0 Å². The molecule has 0 unspecified atom stereocenters. The molecule has 4 heteroatoms. The quantitative estimate of drug-likeness (QED) is 0.824.